The summed E-state index contributed by atoms with van der Waals surface area (Å²) < 4.78 is 5.15. The van der Waals surface area contributed by atoms with Crippen molar-refractivity contribution >= 4 is 17.9 Å². The number of nitrogens with one attached hydrogen (secondary N) is 2. The fourth-order valence-corrected chi connectivity index (χ4v) is 3.12. The molecule has 1 aliphatic heterocycles. The third-order valence-corrected chi connectivity index (χ3v) is 4.51. The highest BCUT2D eigenvalue weighted by molar-refractivity contribution is 6.21. The van der Waals surface area contributed by atoms with Crippen LogP contribution in [0.2, 0.25) is 0 Å². The molecule has 0 saturated carbocycles. The summed E-state index contributed by atoms with van der Waals surface area (Å²) in [6.07, 6.45) is 1.65. The molecule has 3 N–H and O–H groups in total. The van der Waals surface area contributed by atoms with Gasteiger partial charge in [0, 0.05) is 25.7 Å². The predicted molar refractivity (Wildman–Crippen MR) is 109 cm³/mol. The highest BCUT2D eigenvalue weighted by Crippen LogP contribution is 2.22. The van der Waals surface area contributed by atoms with Crippen molar-refractivity contribution < 1.29 is 24.2 Å². The molecule has 0 aromatic heterocycles. The van der Waals surface area contributed by atoms with Crippen molar-refractivity contribution in [2.24, 2.45) is 0 Å². The second-order valence-electron chi connectivity index (χ2n) is 8.07. The van der Waals surface area contributed by atoms with E-state index >= 15 is 0 Å². The van der Waals surface area contributed by atoms with E-state index in [9.17, 15) is 19.5 Å². The Labute approximate surface area is 171 Å². The third kappa shape index (κ3) is 6.83. The molecule has 2 rings (SSSR count). The van der Waals surface area contributed by atoms with E-state index in [0.29, 0.717) is 43.6 Å². The number of nitrogens with zero attached hydrogens (tertiary/aromatic N) is 1. The fourth-order valence-electron chi connectivity index (χ4n) is 3.12. The van der Waals surface area contributed by atoms with Gasteiger partial charge in [-0.05, 0) is 45.7 Å². The topological polar surface area (TPSA) is 108 Å². The van der Waals surface area contributed by atoms with Crippen molar-refractivity contribution in [1.29, 1.82) is 0 Å². The van der Waals surface area contributed by atoms with Crippen molar-refractivity contribution in [3.8, 4) is 0 Å². The van der Waals surface area contributed by atoms with Crippen molar-refractivity contribution in [2.45, 2.75) is 51.7 Å². The van der Waals surface area contributed by atoms with Gasteiger partial charge in [0.2, 0.25) is 0 Å². The van der Waals surface area contributed by atoms with Gasteiger partial charge in [0.05, 0.1) is 17.7 Å². The number of rotatable bonds is 10. The van der Waals surface area contributed by atoms with Crippen LogP contribution in [-0.4, -0.2) is 65.8 Å². The Morgan fingerprint density at radius 2 is 1.72 bits per heavy atom. The lowest BCUT2D eigenvalue weighted by Gasteiger charge is -2.20. The monoisotopic (exact) mass is 405 g/mol. The van der Waals surface area contributed by atoms with Gasteiger partial charge in [0.1, 0.15) is 5.60 Å². The largest absolute Gasteiger partial charge is 0.444 e. The first-order chi connectivity index (χ1) is 13.7. The first kappa shape index (κ1) is 22.8. The quantitative estimate of drug-likeness (QED) is 0.405. The lowest BCUT2D eigenvalue weighted by atomic mass is 10.1. The number of aliphatic hydroxyl groups is 1. The lowest BCUT2D eigenvalue weighted by Crippen LogP contribution is -2.40. The molecular formula is C21H31N3O5. The number of hydrogen-bond acceptors (Lipinski definition) is 6. The van der Waals surface area contributed by atoms with Crippen LogP contribution in [0, 0.1) is 0 Å². The second kappa shape index (κ2) is 10.4. The van der Waals surface area contributed by atoms with Gasteiger partial charge in [0.15, 0.2) is 0 Å². The van der Waals surface area contributed by atoms with Gasteiger partial charge in [-0.25, -0.2) is 4.79 Å². The number of fused-ring (bicyclic) bond motifs is 1. The van der Waals surface area contributed by atoms with Gasteiger partial charge < -0.3 is 20.5 Å². The van der Waals surface area contributed by atoms with Crippen LogP contribution in [0.1, 0.15) is 60.7 Å². The summed E-state index contributed by atoms with van der Waals surface area (Å²) in [7, 11) is 0. The van der Waals surface area contributed by atoms with Gasteiger partial charge in [-0.2, -0.15) is 0 Å². The first-order valence-electron chi connectivity index (χ1n) is 9.99. The highest BCUT2D eigenvalue weighted by atomic mass is 16.6. The third-order valence-electron chi connectivity index (χ3n) is 4.51. The zero-order valence-corrected chi connectivity index (χ0v) is 17.4. The normalized spacial score (nSPS) is 14.7. The summed E-state index contributed by atoms with van der Waals surface area (Å²) in [4.78, 5) is 37.5. The Bertz CT molecular complexity index is 694. The van der Waals surface area contributed by atoms with Gasteiger partial charge in [-0.3, -0.25) is 14.5 Å². The SMILES string of the molecule is CC(C)(C)OC(=O)NCCNC(CO)CCCCN1C(=O)c2ccccc2C1=O. The molecule has 1 aliphatic rings. The number of ether oxygens (including phenoxy) is 1. The molecule has 0 saturated heterocycles. The fraction of sp³-hybridized carbons (Fsp3) is 0.571. The van der Waals surface area contributed by atoms with Gasteiger partial charge in [-0.15, -0.1) is 0 Å². The molecule has 160 valence electrons. The van der Waals surface area contributed by atoms with Crippen molar-refractivity contribution in [3.63, 3.8) is 0 Å². The van der Waals surface area contributed by atoms with Crippen LogP contribution < -0.4 is 10.6 Å². The Morgan fingerprint density at radius 1 is 1.10 bits per heavy atom. The van der Waals surface area contributed by atoms with Crippen LogP contribution in [0.5, 0.6) is 0 Å². The molecule has 0 aliphatic carbocycles. The summed E-state index contributed by atoms with van der Waals surface area (Å²) in [6, 6.07) is 6.74. The Balaban J connectivity index is 1.63. The van der Waals surface area contributed by atoms with E-state index in [-0.39, 0.29) is 24.5 Å². The van der Waals surface area contributed by atoms with E-state index in [0.717, 1.165) is 6.42 Å². The smallest absolute Gasteiger partial charge is 0.407 e. The molecule has 0 fully saturated rings. The zero-order valence-electron chi connectivity index (χ0n) is 17.4. The predicted octanol–water partition coefficient (Wildman–Crippen LogP) is 1.93. The number of alkyl carbamates (subject to hydrolysis) is 1. The molecule has 29 heavy (non-hydrogen) atoms. The minimum Gasteiger partial charge on any atom is -0.444 e. The summed E-state index contributed by atoms with van der Waals surface area (Å²) in [5.41, 5.74) is 0.389. The maximum atomic E-state index is 12.3. The van der Waals surface area contributed by atoms with E-state index in [1.807, 2.05) is 0 Å². The van der Waals surface area contributed by atoms with E-state index in [2.05, 4.69) is 10.6 Å². The summed E-state index contributed by atoms with van der Waals surface area (Å²) in [6.45, 7) is 6.63. The van der Waals surface area contributed by atoms with Gasteiger partial charge in [-0.1, -0.05) is 18.6 Å². The second-order valence-corrected chi connectivity index (χ2v) is 8.07. The van der Waals surface area contributed by atoms with Crippen molar-refractivity contribution in [2.75, 3.05) is 26.2 Å². The van der Waals surface area contributed by atoms with E-state index in [1.54, 1.807) is 45.0 Å². The van der Waals surface area contributed by atoms with Crippen LogP contribution >= 0.6 is 0 Å². The maximum absolute atomic E-state index is 12.3. The number of benzene rings is 1. The van der Waals surface area contributed by atoms with Gasteiger partial charge in [0.25, 0.3) is 11.8 Å². The average molecular weight is 405 g/mol. The Hall–Kier alpha value is -2.45. The molecule has 1 heterocycles. The standard InChI is InChI=1S/C21H31N3O5/c1-21(2,3)29-20(28)23-12-11-22-15(14-25)8-6-7-13-24-18(26)16-9-4-5-10-17(16)19(24)27/h4-5,9-10,15,22,25H,6-8,11-14H2,1-3H3,(H,23,28). The first-order valence-corrected chi connectivity index (χ1v) is 9.99. The molecule has 8 nitrogen and oxygen atoms in total. The van der Waals surface area contributed by atoms with Crippen LogP contribution in [0.3, 0.4) is 0 Å². The van der Waals surface area contributed by atoms with E-state index in [4.69, 9.17) is 4.74 Å². The number of unbranched alkanes of at least 4 members (excludes halogenated alkanes) is 1. The molecular weight excluding hydrogens is 374 g/mol. The summed E-state index contributed by atoms with van der Waals surface area (Å²) in [5.74, 6) is -0.480. The number of carbonyl (C=O) groups is 3. The molecule has 1 unspecified atom stereocenters. The van der Waals surface area contributed by atoms with E-state index in [1.165, 1.54) is 4.90 Å². The van der Waals surface area contributed by atoms with Crippen LogP contribution in [0.15, 0.2) is 24.3 Å². The van der Waals surface area contributed by atoms with Crippen molar-refractivity contribution in [3.05, 3.63) is 35.4 Å². The molecule has 0 spiro atoms. The summed E-state index contributed by atoms with van der Waals surface area (Å²) in [5, 5.41) is 15.3. The highest BCUT2D eigenvalue weighted by Gasteiger charge is 2.34. The number of hydrogen-bond donors (Lipinski definition) is 3. The Kier molecular flexibility index (Phi) is 8.16. The number of carbonyl (C=O) groups excluding carboxylic acids is 3. The van der Waals surface area contributed by atoms with Gasteiger partial charge >= 0.3 is 6.09 Å². The number of amides is 3. The van der Waals surface area contributed by atoms with E-state index < -0.39 is 11.7 Å². The van der Waals surface area contributed by atoms with Crippen LogP contribution in [-0.2, 0) is 4.74 Å². The minimum absolute atomic E-state index is 0.0283. The molecule has 1 aromatic rings. The lowest BCUT2D eigenvalue weighted by molar-refractivity contribution is 0.0526. The minimum atomic E-state index is -0.537. The average Bonchev–Trinajstić information content (AvgIpc) is 2.90. The maximum Gasteiger partial charge on any atom is 0.407 e. The molecule has 8 heteroatoms. The molecule has 1 atom stereocenters. The number of imide groups is 1. The zero-order chi connectivity index (χ0) is 21.4. The van der Waals surface area contributed by atoms with Crippen LogP contribution in [0.4, 0.5) is 4.79 Å². The summed E-state index contributed by atoms with van der Waals surface area (Å²) >= 11 is 0. The van der Waals surface area contributed by atoms with Crippen LogP contribution in [0.25, 0.3) is 0 Å². The molecule has 1 aromatic carbocycles. The molecule has 0 bridgehead atoms. The number of aliphatic hydroxyl groups excluding tert-OH is 1. The van der Waals surface area contributed by atoms with Crippen molar-refractivity contribution in [1.82, 2.24) is 15.5 Å². The molecule has 0 radical (unpaired) electrons. The molecule has 3 amide bonds. The Morgan fingerprint density at radius 3 is 2.28 bits per heavy atom.